The van der Waals surface area contributed by atoms with Gasteiger partial charge in [-0.25, -0.2) is 4.98 Å². The second kappa shape index (κ2) is 3.95. The van der Waals surface area contributed by atoms with Gasteiger partial charge in [0.2, 0.25) is 5.88 Å². The third-order valence-corrected chi connectivity index (χ3v) is 3.73. The molecule has 0 spiro atoms. The number of pyridine rings is 1. The molecule has 18 heavy (non-hydrogen) atoms. The van der Waals surface area contributed by atoms with E-state index in [4.69, 9.17) is 10.5 Å². The summed E-state index contributed by atoms with van der Waals surface area (Å²) in [4.78, 5) is 12.1. The second-order valence-corrected chi connectivity index (χ2v) is 5.66. The quantitative estimate of drug-likeness (QED) is 0.870. The van der Waals surface area contributed by atoms with E-state index in [1.165, 1.54) is 0 Å². The second-order valence-electron chi connectivity index (χ2n) is 5.66. The van der Waals surface area contributed by atoms with Crippen LogP contribution in [0.2, 0.25) is 0 Å². The van der Waals surface area contributed by atoms with Gasteiger partial charge in [-0.05, 0) is 19.9 Å². The fraction of sp³-hybridized carbons (Fsp3) is 0.538. The predicted molar refractivity (Wildman–Crippen MR) is 71.7 cm³/mol. The number of hydrogen-bond acceptors (Lipinski definition) is 4. The van der Waals surface area contributed by atoms with Gasteiger partial charge in [-0.15, -0.1) is 0 Å². The lowest BCUT2D eigenvalue weighted by atomic mass is 9.74. The molecule has 2 aromatic rings. The SMILES string of the molecule is COc1ccc2[nH]c(C(C)(C)C(C)(C)N)nc2n1. The van der Waals surface area contributed by atoms with Crippen LogP contribution in [0.15, 0.2) is 12.1 Å². The Kier molecular flexibility index (Phi) is 2.81. The molecule has 5 heteroatoms. The molecule has 0 aliphatic rings. The van der Waals surface area contributed by atoms with E-state index in [0.29, 0.717) is 11.5 Å². The molecule has 3 N–H and O–H groups in total. The highest BCUT2D eigenvalue weighted by Crippen LogP contribution is 2.32. The van der Waals surface area contributed by atoms with Gasteiger partial charge in [0.15, 0.2) is 5.65 Å². The Morgan fingerprint density at radius 2 is 1.83 bits per heavy atom. The molecular weight excluding hydrogens is 228 g/mol. The number of nitrogens with two attached hydrogens (primary N) is 1. The van der Waals surface area contributed by atoms with Crippen LogP contribution in [-0.4, -0.2) is 27.6 Å². The molecule has 98 valence electrons. The molecule has 2 heterocycles. The Hall–Kier alpha value is -1.62. The Morgan fingerprint density at radius 3 is 2.39 bits per heavy atom. The van der Waals surface area contributed by atoms with Crippen molar-refractivity contribution in [2.24, 2.45) is 5.73 Å². The van der Waals surface area contributed by atoms with Gasteiger partial charge in [0.05, 0.1) is 12.6 Å². The standard InChI is InChI=1S/C13H20N4O/c1-12(2,13(3,4)14)11-15-8-6-7-9(18-5)16-10(8)17-11/h6-7H,14H2,1-5H3,(H,15,16,17). The number of H-pyrrole nitrogens is 1. The summed E-state index contributed by atoms with van der Waals surface area (Å²) in [5.41, 5.74) is 7.10. The maximum Gasteiger partial charge on any atom is 0.215 e. The normalized spacial score (nSPS) is 13.0. The highest BCUT2D eigenvalue weighted by atomic mass is 16.5. The lowest BCUT2D eigenvalue weighted by Gasteiger charge is -2.36. The predicted octanol–water partition coefficient (Wildman–Crippen LogP) is 1.98. The molecule has 0 bridgehead atoms. The molecule has 0 fully saturated rings. The number of aromatic nitrogens is 3. The van der Waals surface area contributed by atoms with Crippen molar-refractivity contribution in [3.8, 4) is 5.88 Å². The van der Waals surface area contributed by atoms with Gasteiger partial charge < -0.3 is 15.5 Å². The Balaban J connectivity index is 2.54. The van der Waals surface area contributed by atoms with Gasteiger partial charge in [0.1, 0.15) is 5.82 Å². The average molecular weight is 248 g/mol. The summed E-state index contributed by atoms with van der Waals surface area (Å²) in [5, 5.41) is 0. The molecule has 0 aliphatic carbocycles. The van der Waals surface area contributed by atoms with Gasteiger partial charge >= 0.3 is 0 Å². The van der Waals surface area contributed by atoms with Crippen LogP contribution in [0, 0.1) is 0 Å². The number of rotatable bonds is 3. The fourth-order valence-electron chi connectivity index (χ4n) is 1.59. The number of methoxy groups -OCH3 is 1. The van der Waals surface area contributed by atoms with Crippen molar-refractivity contribution in [2.75, 3.05) is 7.11 Å². The van der Waals surface area contributed by atoms with E-state index in [9.17, 15) is 0 Å². The first-order valence-corrected chi connectivity index (χ1v) is 5.96. The molecule has 2 aromatic heterocycles. The van der Waals surface area contributed by atoms with Gasteiger partial charge in [-0.1, -0.05) is 13.8 Å². The van der Waals surface area contributed by atoms with E-state index in [1.54, 1.807) is 7.11 Å². The number of nitrogens with zero attached hydrogens (tertiary/aromatic N) is 2. The number of aromatic amines is 1. The van der Waals surface area contributed by atoms with Gasteiger partial charge in [-0.3, -0.25) is 0 Å². The number of nitrogens with one attached hydrogen (secondary N) is 1. The number of hydrogen-bond donors (Lipinski definition) is 2. The Morgan fingerprint density at radius 1 is 1.17 bits per heavy atom. The van der Waals surface area contributed by atoms with E-state index in [2.05, 4.69) is 28.8 Å². The summed E-state index contributed by atoms with van der Waals surface area (Å²) in [6.07, 6.45) is 0. The molecule has 0 unspecified atom stereocenters. The Labute approximate surface area is 107 Å². The van der Waals surface area contributed by atoms with Crippen molar-refractivity contribution >= 4 is 11.2 Å². The van der Waals surface area contributed by atoms with E-state index >= 15 is 0 Å². The summed E-state index contributed by atoms with van der Waals surface area (Å²) < 4.78 is 5.09. The summed E-state index contributed by atoms with van der Waals surface area (Å²) in [6, 6.07) is 3.72. The van der Waals surface area contributed by atoms with Crippen molar-refractivity contribution in [3.63, 3.8) is 0 Å². The number of ether oxygens (including phenoxy) is 1. The number of imidazole rings is 1. The van der Waals surface area contributed by atoms with Crippen LogP contribution < -0.4 is 10.5 Å². The first-order valence-electron chi connectivity index (χ1n) is 5.96. The van der Waals surface area contributed by atoms with Crippen molar-refractivity contribution in [3.05, 3.63) is 18.0 Å². The maximum atomic E-state index is 6.22. The summed E-state index contributed by atoms with van der Waals surface area (Å²) in [7, 11) is 1.59. The topological polar surface area (TPSA) is 76.8 Å². The molecule has 2 rings (SSSR count). The summed E-state index contributed by atoms with van der Waals surface area (Å²) in [5.74, 6) is 1.40. The van der Waals surface area contributed by atoms with Crippen molar-refractivity contribution < 1.29 is 4.74 Å². The van der Waals surface area contributed by atoms with Gasteiger partial charge in [-0.2, -0.15) is 4.98 Å². The lowest BCUT2D eigenvalue weighted by Crippen LogP contribution is -2.50. The number of fused-ring (bicyclic) bond motifs is 1. The molecule has 0 aliphatic heterocycles. The van der Waals surface area contributed by atoms with E-state index in [-0.39, 0.29) is 11.0 Å². The molecule has 0 aromatic carbocycles. The molecular formula is C13H20N4O. The summed E-state index contributed by atoms with van der Waals surface area (Å²) in [6.45, 7) is 8.13. The largest absolute Gasteiger partial charge is 0.481 e. The minimum Gasteiger partial charge on any atom is -0.481 e. The third-order valence-electron chi connectivity index (χ3n) is 3.73. The van der Waals surface area contributed by atoms with Crippen LogP contribution in [0.25, 0.3) is 11.2 Å². The van der Waals surface area contributed by atoms with Crippen LogP contribution in [-0.2, 0) is 5.41 Å². The van der Waals surface area contributed by atoms with E-state index in [0.717, 1.165) is 11.3 Å². The average Bonchev–Trinajstić information content (AvgIpc) is 2.70. The van der Waals surface area contributed by atoms with Crippen molar-refractivity contribution in [1.82, 2.24) is 15.0 Å². The highest BCUT2D eigenvalue weighted by Gasteiger charge is 2.37. The van der Waals surface area contributed by atoms with Gasteiger partial charge in [0, 0.05) is 17.0 Å². The monoisotopic (exact) mass is 248 g/mol. The van der Waals surface area contributed by atoms with E-state index < -0.39 is 0 Å². The molecule has 0 saturated heterocycles. The molecule has 0 atom stereocenters. The van der Waals surface area contributed by atoms with Gasteiger partial charge in [0.25, 0.3) is 0 Å². The van der Waals surface area contributed by atoms with Crippen LogP contribution in [0.4, 0.5) is 0 Å². The van der Waals surface area contributed by atoms with Crippen LogP contribution in [0.5, 0.6) is 5.88 Å². The van der Waals surface area contributed by atoms with E-state index in [1.807, 2.05) is 26.0 Å². The lowest BCUT2D eigenvalue weighted by molar-refractivity contribution is 0.293. The van der Waals surface area contributed by atoms with Crippen molar-refractivity contribution in [1.29, 1.82) is 0 Å². The Bertz CT molecular complexity index is 566. The molecule has 5 nitrogen and oxygen atoms in total. The molecule has 0 saturated carbocycles. The third kappa shape index (κ3) is 1.95. The fourth-order valence-corrected chi connectivity index (χ4v) is 1.59. The molecule has 0 radical (unpaired) electrons. The highest BCUT2D eigenvalue weighted by molar-refractivity contribution is 5.71. The minimum atomic E-state index is -0.384. The van der Waals surface area contributed by atoms with Crippen LogP contribution in [0.3, 0.4) is 0 Å². The van der Waals surface area contributed by atoms with Crippen LogP contribution >= 0.6 is 0 Å². The zero-order valence-electron chi connectivity index (χ0n) is 11.5. The van der Waals surface area contributed by atoms with Crippen LogP contribution in [0.1, 0.15) is 33.5 Å². The minimum absolute atomic E-state index is 0.277. The zero-order chi connectivity index (χ0) is 13.6. The summed E-state index contributed by atoms with van der Waals surface area (Å²) >= 11 is 0. The smallest absolute Gasteiger partial charge is 0.215 e. The maximum absolute atomic E-state index is 6.22. The molecule has 0 amide bonds. The first kappa shape index (κ1) is 12.8. The van der Waals surface area contributed by atoms with Crippen molar-refractivity contribution in [2.45, 2.75) is 38.6 Å². The first-order chi connectivity index (χ1) is 8.25. The zero-order valence-corrected chi connectivity index (χ0v) is 11.5.